The van der Waals surface area contributed by atoms with Gasteiger partial charge in [-0.05, 0) is 76.9 Å². The van der Waals surface area contributed by atoms with E-state index >= 15 is 0 Å². The lowest BCUT2D eigenvalue weighted by atomic mass is 10.0. The minimum Gasteiger partial charge on any atom is -0.313 e. The van der Waals surface area contributed by atoms with Crippen molar-refractivity contribution in [2.75, 3.05) is 0 Å². The molecule has 0 aliphatic heterocycles. The summed E-state index contributed by atoms with van der Waals surface area (Å²) in [6.07, 6.45) is 3.32. The highest BCUT2D eigenvalue weighted by molar-refractivity contribution is 9.10. The normalized spacial score (nSPS) is 11.2. The Bertz CT molecular complexity index is 1330. The molecule has 2 aromatic heterocycles. The number of hydrogen-bond donors (Lipinski definition) is 1. The van der Waals surface area contributed by atoms with Crippen molar-refractivity contribution in [3.63, 3.8) is 0 Å². The monoisotopic (exact) mass is 477 g/mol. The molecule has 31 heavy (non-hydrogen) atoms. The Morgan fingerprint density at radius 2 is 1.74 bits per heavy atom. The Labute approximate surface area is 186 Å². The molecule has 0 unspecified atom stereocenters. The van der Waals surface area contributed by atoms with Crippen LogP contribution in [-0.4, -0.2) is 22.3 Å². The average Bonchev–Trinajstić information content (AvgIpc) is 3.05. The summed E-state index contributed by atoms with van der Waals surface area (Å²) >= 11 is 3.35. The van der Waals surface area contributed by atoms with Gasteiger partial charge in [0.15, 0.2) is 0 Å². The fraction of sp³-hybridized carbons (Fsp3) is 0.0417. The molecule has 0 saturated carbocycles. The van der Waals surface area contributed by atoms with E-state index in [-0.39, 0.29) is 11.7 Å². The molecule has 5 nitrogen and oxygen atoms in total. The summed E-state index contributed by atoms with van der Waals surface area (Å²) in [4.78, 5) is 25.5. The molecule has 154 valence electrons. The summed E-state index contributed by atoms with van der Waals surface area (Å²) in [6.45, 7) is 1.82. The number of nitrogens with zero attached hydrogens (tertiary/aromatic N) is 2. The molecule has 0 aliphatic carbocycles. The number of fused-ring (bicyclic) bond motifs is 1. The van der Waals surface area contributed by atoms with Gasteiger partial charge in [0.05, 0.1) is 23.0 Å². The summed E-state index contributed by atoms with van der Waals surface area (Å²) in [5.74, 6) is -0.981. The molecule has 1 N–H and O–H groups in total. The molecule has 0 radical (unpaired) electrons. The lowest BCUT2D eigenvalue weighted by molar-refractivity contribution is 0.0953. The Kier molecular flexibility index (Phi) is 5.77. The summed E-state index contributed by atoms with van der Waals surface area (Å²) in [6, 6.07) is 18.0. The number of hydrazone groups is 1. The first-order chi connectivity index (χ1) is 15.0. The maximum absolute atomic E-state index is 13.3. The summed E-state index contributed by atoms with van der Waals surface area (Å²) < 4.78 is 15.7. The second-order valence-corrected chi connectivity index (χ2v) is 7.71. The molecule has 2 heterocycles. The first-order valence-electron chi connectivity index (χ1n) is 9.45. The van der Waals surface area contributed by atoms with E-state index in [9.17, 15) is 14.0 Å². The van der Waals surface area contributed by atoms with Crippen molar-refractivity contribution in [3.05, 3.63) is 111 Å². The standard InChI is InChI=1S/C24H17BrFN3O2/c1-15-19(14-27-28-24(31)18-6-2-3-7-20(18)25)21-8-4-5-13-29(21)22(15)23(30)16-9-11-17(26)12-10-16/h2-14H,1H3,(H,28,31). The van der Waals surface area contributed by atoms with Crippen LogP contribution in [0.1, 0.15) is 37.5 Å². The van der Waals surface area contributed by atoms with Crippen molar-refractivity contribution in [1.82, 2.24) is 9.83 Å². The lowest BCUT2D eigenvalue weighted by Crippen LogP contribution is -2.18. The van der Waals surface area contributed by atoms with Gasteiger partial charge in [-0.1, -0.05) is 18.2 Å². The highest BCUT2D eigenvalue weighted by Gasteiger charge is 2.21. The van der Waals surface area contributed by atoms with E-state index in [0.29, 0.717) is 32.4 Å². The minimum atomic E-state index is -0.401. The zero-order valence-electron chi connectivity index (χ0n) is 16.5. The minimum absolute atomic E-state index is 0.226. The van der Waals surface area contributed by atoms with Crippen LogP contribution in [0.25, 0.3) is 5.52 Å². The van der Waals surface area contributed by atoms with Crippen molar-refractivity contribution >= 4 is 39.4 Å². The van der Waals surface area contributed by atoms with Crippen LogP contribution in [-0.2, 0) is 0 Å². The number of carbonyl (C=O) groups is 2. The molecule has 1 amide bonds. The molecule has 0 atom stereocenters. The number of benzene rings is 2. The number of pyridine rings is 1. The fourth-order valence-electron chi connectivity index (χ4n) is 3.40. The van der Waals surface area contributed by atoms with Crippen LogP contribution in [0.2, 0.25) is 0 Å². The van der Waals surface area contributed by atoms with Gasteiger partial charge in [-0.2, -0.15) is 5.10 Å². The number of hydrogen-bond acceptors (Lipinski definition) is 3. The Morgan fingerprint density at radius 3 is 2.48 bits per heavy atom. The SMILES string of the molecule is Cc1c(C=NNC(=O)c2ccccc2Br)c2ccccn2c1C(=O)c1ccc(F)cc1. The number of halogens is 2. The highest BCUT2D eigenvalue weighted by atomic mass is 79.9. The van der Waals surface area contributed by atoms with Gasteiger partial charge in [0.25, 0.3) is 5.91 Å². The van der Waals surface area contributed by atoms with Crippen LogP contribution >= 0.6 is 15.9 Å². The zero-order valence-corrected chi connectivity index (χ0v) is 18.1. The molecule has 0 fully saturated rings. The van der Waals surface area contributed by atoms with E-state index < -0.39 is 5.82 Å². The van der Waals surface area contributed by atoms with Gasteiger partial charge >= 0.3 is 0 Å². The molecule has 4 aromatic rings. The van der Waals surface area contributed by atoms with Crippen molar-refractivity contribution in [2.45, 2.75) is 6.92 Å². The van der Waals surface area contributed by atoms with Crippen molar-refractivity contribution in [1.29, 1.82) is 0 Å². The van der Waals surface area contributed by atoms with E-state index in [1.54, 1.807) is 28.8 Å². The van der Waals surface area contributed by atoms with Gasteiger partial charge in [0, 0.05) is 21.8 Å². The van der Waals surface area contributed by atoms with Crippen LogP contribution in [0.15, 0.2) is 82.5 Å². The third-order valence-corrected chi connectivity index (χ3v) is 5.63. The van der Waals surface area contributed by atoms with Crippen LogP contribution < -0.4 is 5.43 Å². The lowest BCUT2D eigenvalue weighted by Gasteiger charge is -2.04. The number of ketones is 1. The van der Waals surface area contributed by atoms with Crippen LogP contribution in [0.3, 0.4) is 0 Å². The molecular weight excluding hydrogens is 461 g/mol. The summed E-state index contributed by atoms with van der Waals surface area (Å²) in [5, 5.41) is 4.11. The van der Waals surface area contributed by atoms with Gasteiger partial charge in [0.2, 0.25) is 5.78 Å². The number of rotatable bonds is 5. The third-order valence-electron chi connectivity index (χ3n) is 4.94. The number of nitrogens with one attached hydrogen (secondary N) is 1. The van der Waals surface area contributed by atoms with E-state index in [0.717, 1.165) is 5.52 Å². The first-order valence-corrected chi connectivity index (χ1v) is 10.2. The van der Waals surface area contributed by atoms with Crippen LogP contribution in [0.4, 0.5) is 4.39 Å². The molecule has 0 aliphatic rings. The van der Waals surface area contributed by atoms with Crippen molar-refractivity contribution in [3.8, 4) is 0 Å². The quantitative estimate of drug-likeness (QED) is 0.245. The predicted molar refractivity (Wildman–Crippen MR) is 121 cm³/mol. The number of carbonyl (C=O) groups excluding carboxylic acids is 2. The van der Waals surface area contributed by atoms with Crippen LogP contribution in [0.5, 0.6) is 0 Å². The molecule has 0 bridgehead atoms. The number of aromatic nitrogens is 1. The number of amides is 1. The van der Waals surface area contributed by atoms with E-state index in [1.807, 2.05) is 31.2 Å². The fourth-order valence-corrected chi connectivity index (χ4v) is 3.86. The largest absolute Gasteiger partial charge is 0.313 e. The molecule has 0 spiro atoms. The van der Waals surface area contributed by atoms with Gasteiger partial charge in [-0.3, -0.25) is 9.59 Å². The maximum atomic E-state index is 13.3. The highest BCUT2D eigenvalue weighted by Crippen LogP contribution is 2.24. The maximum Gasteiger partial charge on any atom is 0.272 e. The summed E-state index contributed by atoms with van der Waals surface area (Å²) in [5.41, 5.74) is 6.01. The average molecular weight is 478 g/mol. The van der Waals surface area contributed by atoms with Crippen molar-refractivity contribution in [2.24, 2.45) is 5.10 Å². The van der Waals surface area contributed by atoms with Gasteiger partial charge in [-0.25, -0.2) is 9.82 Å². The summed E-state index contributed by atoms with van der Waals surface area (Å²) in [7, 11) is 0. The molecule has 4 rings (SSSR count). The topological polar surface area (TPSA) is 62.9 Å². The predicted octanol–water partition coefficient (Wildman–Crippen LogP) is 5.14. The second kappa shape index (κ2) is 8.65. The van der Waals surface area contributed by atoms with Crippen LogP contribution in [0, 0.1) is 12.7 Å². The molecule has 0 saturated heterocycles. The Balaban J connectivity index is 1.69. The van der Waals surface area contributed by atoms with Gasteiger partial charge in [0.1, 0.15) is 5.82 Å². The van der Waals surface area contributed by atoms with E-state index in [1.165, 1.54) is 30.5 Å². The molecular formula is C24H17BrFN3O2. The van der Waals surface area contributed by atoms with E-state index in [2.05, 4.69) is 26.5 Å². The van der Waals surface area contributed by atoms with Gasteiger partial charge < -0.3 is 4.40 Å². The molecule has 7 heteroatoms. The molecule has 2 aromatic carbocycles. The van der Waals surface area contributed by atoms with E-state index in [4.69, 9.17) is 0 Å². The zero-order chi connectivity index (χ0) is 22.0. The Hall–Kier alpha value is -3.58. The van der Waals surface area contributed by atoms with Gasteiger partial charge in [-0.15, -0.1) is 0 Å². The second-order valence-electron chi connectivity index (χ2n) is 6.86. The first kappa shape index (κ1) is 20.7. The third kappa shape index (κ3) is 4.04. The van der Waals surface area contributed by atoms with Crippen molar-refractivity contribution < 1.29 is 14.0 Å². The smallest absolute Gasteiger partial charge is 0.272 e. The Morgan fingerprint density at radius 1 is 1.03 bits per heavy atom.